The van der Waals surface area contributed by atoms with Crippen molar-refractivity contribution >= 4 is 71.7 Å². The summed E-state index contributed by atoms with van der Waals surface area (Å²) in [5, 5.41) is 0. The second-order valence-corrected chi connectivity index (χ2v) is 8.00. The maximum atomic E-state index is 2.18. The van der Waals surface area contributed by atoms with Crippen molar-refractivity contribution in [1.29, 1.82) is 0 Å². The molecule has 0 aromatic rings. The van der Waals surface area contributed by atoms with Gasteiger partial charge in [0.15, 0.2) is 0 Å². The van der Waals surface area contributed by atoms with Crippen LogP contribution in [0.15, 0.2) is 0 Å². The van der Waals surface area contributed by atoms with E-state index in [1.165, 1.54) is 103 Å². The van der Waals surface area contributed by atoms with Gasteiger partial charge in [-0.15, -0.1) is 0 Å². The summed E-state index contributed by atoms with van der Waals surface area (Å²) in [5.41, 5.74) is 0. The zero-order valence-electron chi connectivity index (χ0n) is 28.8. The second kappa shape index (κ2) is 135. The second-order valence-electron chi connectivity index (χ2n) is 8.00. The van der Waals surface area contributed by atoms with E-state index in [0.29, 0.717) is 0 Å². The first kappa shape index (κ1) is 71.1. The Bertz CT molecular complexity index is 78.8. The summed E-state index contributed by atoms with van der Waals surface area (Å²) in [6.45, 7) is 34.9. The average Bonchev–Trinajstić information content (AvgIpc) is 2.89. The van der Waals surface area contributed by atoms with Crippen LogP contribution in [0.1, 0.15) is 214 Å². The van der Waals surface area contributed by atoms with Gasteiger partial charge in [0.1, 0.15) is 0 Å². The molecular weight excluding hydrogens is 740 g/mol. The van der Waals surface area contributed by atoms with Crippen LogP contribution in [-0.4, -0.2) is 71.7 Å². The van der Waals surface area contributed by atoms with Gasteiger partial charge in [0.25, 0.3) is 0 Å². The van der Waals surface area contributed by atoms with E-state index in [1.54, 1.807) is 0 Å². The molecule has 0 unspecified atom stereocenters. The molecule has 0 aliphatic heterocycles. The van der Waals surface area contributed by atoms with E-state index < -0.39 is 0 Å². The first-order valence-corrected chi connectivity index (χ1v) is 15.3. The van der Waals surface area contributed by atoms with Gasteiger partial charge in [0.2, 0.25) is 0 Å². The van der Waals surface area contributed by atoms with Crippen molar-refractivity contribution in [3.05, 3.63) is 0 Å². The Kier molecular flexibility index (Phi) is 274. The average molecular weight is 821 g/mol. The van der Waals surface area contributed by atoms with Crippen LogP contribution >= 0.6 is 0 Å². The van der Waals surface area contributed by atoms with E-state index in [0.717, 1.165) is 0 Å². The molecule has 0 saturated carbocycles. The summed E-state index contributed by atoms with van der Waals surface area (Å²) in [7, 11) is 0. The fourth-order valence-electron chi connectivity index (χ4n) is 0. The van der Waals surface area contributed by atoms with E-state index in [9.17, 15) is 0 Å². The van der Waals surface area contributed by atoms with Crippen LogP contribution in [0.5, 0.6) is 0 Å². The number of unbranched alkanes of at least 4 members (excludes halogenated alkanes) is 8. The Balaban J connectivity index is -0.0000000206. The molecule has 0 aliphatic carbocycles. The normalized spacial score (nSPS) is 6.86. The maximum Gasteiger partial charge on any atom is 0 e. The molecule has 0 heterocycles. The summed E-state index contributed by atoms with van der Waals surface area (Å²) >= 11 is 0. The van der Waals surface area contributed by atoms with Crippen molar-refractivity contribution in [2.24, 2.45) is 0 Å². The van der Waals surface area contributed by atoms with E-state index >= 15 is 0 Å². The molecule has 220 valence electrons. The van der Waals surface area contributed by atoms with Gasteiger partial charge >= 0.3 is 0 Å². The molecular formula is C32H80Sn3. The quantitative estimate of drug-likeness (QED) is 0.214. The van der Waals surface area contributed by atoms with Gasteiger partial charge in [-0.05, 0) is 0 Å². The third kappa shape index (κ3) is 398. The molecule has 12 radical (unpaired) electrons. The van der Waals surface area contributed by atoms with Crippen LogP contribution < -0.4 is 0 Å². The monoisotopic (exact) mass is 824 g/mol. The standard InChI is InChI=1S/8C4H10.3Sn/c8*1-3-4-2;;;/h8*3-4H2,1-2H3;;;. The van der Waals surface area contributed by atoms with Crippen molar-refractivity contribution in [2.75, 3.05) is 0 Å². The molecule has 0 fully saturated rings. The van der Waals surface area contributed by atoms with Crippen molar-refractivity contribution in [1.82, 2.24) is 0 Å². The van der Waals surface area contributed by atoms with Crippen molar-refractivity contribution in [3.8, 4) is 0 Å². The minimum atomic E-state index is 0. The molecule has 0 rings (SSSR count). The molecule has 0 aromatic heterocycles. The predicted molar refractivity (Wildman–Crippen MR) is 182 cm³/mol. The SMILES string of the molecule is CCCC.CCCC.CCCC.CCCC.CCCC.CCCC.CCCC.CCCC.[Sn].[Sn].[Sn]. The van der Waals surface area contributed by atoms with Crippen LogP contribution in [0, 0.1) is 0 Å². The summed E-state index contributed by atoms with van der Waals surface area (Å²) in [6.07, 6.45) is 21.1. The van der Waals surface area contributed by atoms with Crippen LogP contribution in [0.25, 0.3) is 0 Å². The first-order valence-electron chi connectivity index (χ1n) is 15.3. The molecule has 0 bridgehead atoms. The Labute approximate surface area is 282 Å². The van der Waals surface area contributed by atoms with Gasteiger partial charge in [-0.3, -0.25) is 0 Å². The van der Waals surface area contributed by atoms with Gasteiger partial charge in [0, 0.05) is 71.7 Å². The predicted octanol–water partition coefficient (Wildman–Crippen LogP) is 13.3. The zero-order valence-corrected chi connectivity index (χ0v) is 37.4. The molecule has 0 saturated heterocycles. The molecule has 0 nitrogen and oxygen atoms in total. The van der Waals surface area contributed by atoms with Crippen LogP contribution in [-0.2, 0) is 0 Å². The van der Waals surface area contributed by atoms with E-state index in [4.69, 9.17) is 0 Å². The minimum absolute atomic E-state index is 0. The summed E-state index contributed by atoms with van der Waals surface area (Å²) < 4.78 is 0. The summed E-state index contributed by atoms with van der Waals surface area (Å²) in [6, 6.07) is 0. The first-order chi connectivity index (χ1) is 15.3. The number of hydrogen-bond acceptors (Lipinski definition) is 0. The molecule has 0 spiro atoms. The Morgan fingerprint density at radius 2 is 0.171 bits per heavy atom. The largest absolute Gasteiger partial charge is 0.0654 e. The van der Waals surface area contributed by atoms with E-state index in [2.05, 4.69) is 111 Å². The van der Waals surface area contributed by atoms with Crippen molar-refractivity contribution in [2.45, 2.75) is 214 Å². The molecule has 0 amide bonds. The number of hydrogen-bond donors (Lipinski definition) is 0. The van der Waals surface area contributed by atoms with Crippen LogP contribution in [0.3, 0.4) is 0 Å². The molecule has 0 aliphatic rings. The van der Waals surface area contributed by atoms with Gasteiger partial charge in [-0.1, -0.05) is 214 Å². The van der Waals surface area contributed by atoms with Crippen LogP contribution in [0.2, 0.25) is 0 Å². The number of rotatable bonds is 8. The Hall–Kier alpha value is 2.40. The van der Waals surface area contributed by atoms with Gasteiger partial charge in [-0.25, -0.2) is 0 Å². The van der Waals surface area contributed by atoms with Gasteiger partial charge < -0.3 is 0 Å². The molecule has 0 atom stereocenters. The van der Waals surface area contributed by atoms with Gasteiger partial charge in [-0.2, -0.15) is 0 Å². The summed E-state index contributed by atoms with van der Waals surface area (Å²) in [4.78, 5) is 0. The fourth-order valence-corrected chi connectivity index (χ4v) is 0. The third-order valence-electron chi connectivity index (χ3n) is 4.00. The molecule has 0 N–H and O–H groups in total. The topological polar surface area (TPSA) is 0 Å². The Morgan fingerprint density at radius 1 is 0.143 bits per heavy atom. The van der Waals surface area contributed by atoms with Crippen LogP contribution in [0.4, 0.5) is 0 Å². The fraction of sp³-hybridized carbons (Fsp3) is 1.00. The van der Waals surface area contributed by atoms with Crippen molar-refractivity contribution < 1.29 is 0 Å². The van der Waals surface area contributed by atoms with E-state index in [-0.39, 0.29) is 71.7 Å². The molecule has 35 heavy (non-hydrogen) atoms. The molecule has 0 aromatic carbocycles. The molecule has 3 heteroatoms. The van der Waals surface area contributed by atoms with Gasteiger partial charge in [0.05, 0.1) is 0 Å². The van der Waals surface area contributed by atoms with Crippen molar-refractivity contribution in [3.63, 3.8) is 0 Å². The third-order valence-corrected chi connectivity index (χ3v) is 4.00. The maximum absolute atomic E-state index is 2.18. The smallest absolute Gasteiger partial charge is 0 e. The zero-order chi connectivity index (χ0) is 27.3. The summed E-state index contributed by atoms with van der Waals surface area (Å²) in [5.74, 6) is 0. The van der Waals surface area contributed by atoms with E-state index in [1.807, 2.05) is 0 Å². The Morgan fingerprint density at radius 3 is 0.171 bits per heavy atom. The minimum Gasteiger partial charge on any atom is -0.0654 e.